The molecule has 0 aliphatic heterocycles. The lowest BCUT2D eigenvalue weighted by Crippen LogP contribution is -2.16. The molecule has 2 rings (SSSR count). The van der Waals surface area contributed by atoms with Crippen LogP contribution in [0.2, 0.25) is 0 Å². The van der Waals surface area contributed by atoms with E-state index in [1.54, 1.807) is 10.9 Å². The van der Waals surface area contributed by atoms with Crippen LogP contribution in [0.25, 0.3) is 0 Å². The number of rotatable bonds is 3. The van der Waals surface area contributed by atoms with E-state index in [4.69, 9.17) is 0 Å². The molecule has 0 fully saturated rings. The van der Waals surface area contributed by atoms with Crippen molar-refractivity contribution in [1.29, 1.82) is 0 Å². The van der Waals surface area contributed by atoms with E-state index in [1.165, 1.54) is 6.20 Å². The van der Waals surface area contributed by atoms with Gasteiger partial charge >= 0.3 is 0 Å². The van der Waals surface area contributed by atoms with Crippen molar-refractivity contribution in [2.75, 3.05) is 5.32 Å². The number of hydrogen-bond acceptors (Lipinski definition) is 3. The number of carbonyl (C=O) groups excluding carboxylic acids is 1. The third-order valence-corrected chi connectivity index (χ3v) is 2.52. The minimum Gasteiger partial charge on any atom is -0.306 e. The molecule has 18 heavy (non-hydrogen) atoms. The molecule has 0 aliphatic carbocycles. The molecule has 0 radical (unpaired) electrons. The summed E-state index contributed by atoms with van der Waals surface area (Å²) in [6.07, 6.45) is 4.04. The van der Waals surface area contributed by atoms with Crippen LogP contribution in [0.15, 0.2) is 24.7 Å². The van der Waals surface area contributed by atoms with Gasteiger partial charge < -0.3 is 5.32 Å². The lowest BCUT2D eigenvalue weighted by atomic mass is 10.2. The zero-order valence-electron chi connectivity index (χ0n) is 10.1. The Balaban J connectivity index is 2.24. The van der Waals surface area contributed by atoms with Crippen LogP contribution in [-0.2, 0) is 6.54 Å². The van der Waals surface area contributed by atoms with Crippen molar-refractivity contribution in [1.82, 2.24) is 14.8 Å². The van der Waals surface area contributed by atoms with E-state index in [1.807, 2.05) is 13.8 Å². The zero-order chi connectivity index (χ0) is 13.1. The van der Waals surface area contributed by atoms with Gasteiger partial charge in [0.15, 0.2) is 0 Å². The number of amides is 1. The molecular formula is C12H13FN4O. The smallest absolute Gasteiger partial charge is 0.258 e. The van der Waals surface area contributed by atoms with Crippen molar-refractivity contribution >= 4 is 11.7 Å². The van der Waals surface area contributed by atoms with E-state index in [9.17, 15) is 9.18 Å². The second-order valence-corrected chi connectivity index (χ2v) is 3.84. The van der Waals surface area contributed by atoms with Crippen molar-refractivity contribution in [3.63, 3.8) is 0 Å². The fourth-order valence-electron chi connectivity index (χ4n) is 1.60. The second kappa shape index (κ2) is 4.95. The molecule has 0 saturated carbocycles. The number of halogens is 1. The highest BCUT2D eigenvalue weighted by atomic mass is 19.1. The number of anilines is 1. The molecule has 0 aliphatic rings. The fourth-order valence-corrected chi connectivity index (χ4v) is 1.60. The molecule has 2 heterocycles. The summed E-state index contributed by atoms with van der Waals surface area (Å²) in [7, 11) is 0. The maximum atomic E-state index is 13.0. The average molecular weight is 248 g/mol. The molecule has 0 bridgehead atoms. The van der Waals surface area contributed by atoms with Crippen molar-refractivity contribution in [3.05, 3.63) is 41.6 Å². The molecule has 1 amide bonds. The quantitative estimate of drug-likeness (QED) is 0.903. The van der Waals surface area contributed by atoms with Crippen LogP contribution in [0.3, 0.4) is 0 Å². The Morgan fingerprint density at radius 3 is 2.89 bits per heavy atom. The number of aryl methyl sites for hydroxylation is 2. The molecule has 6 heteroatoms. The molecule has 0 aromatic carbocycles. The third-order valence-electron chi connectivity index (χ3n) is 2.52. The Bertz CT molecular complexity index is 579. The maximum Gasteiger partial charge on any atom is 0.258 e. The predicted molar refractivity (Wildman–Crippen MR) is 64.8 cm³/mol. The Labute approximate surface area is 104 Å². The Hall–Kier alpha value is -2.24. The van der Waals surface area contributed by atoms with Gasteiger partial charge in [0.25, 0.3) is 5.91 Å². The van der Waals surface area contributed by atoms with Gasteiger partial charge in [-0.05, 0) is 19.9 Å². The van der Waals surface area contributed by atoms with Gasteiger partial charge in [0, 0.05) is 18.3 Å². The highest BCUT2D eigenvalue weighted by Crippen LogP contribution is 2.15. The average Bonchev–Trinajstić information content (AvgIpc) is 2.70. The first kappa shape index (κ1) is 12.2. The van der Waals surface area contributed by atoms with Crippen LogP contribution in [-0.4, -0.2) is 20.7 Å². The van der Waals surface area contributed by atoms with E-state index in [2.05, 4.69) is 15.4 Å². The van der Waals surface area contributed by atoms with Crippen LogP contribution in [0.5, 0.6) is 0 Å². The monoisotopic (exact) mass is 248 g/mol. The van der Waals surface area contributed by atoms with Gasteiger partial charge in [-0.15, -0.1) is 0 Å². The standard InChI is InChI=1S/C12H13FN4O/c1-3-17-11(8(2)5-15-17)16-12(18)9-4-10(13)7-14-6-9/h4-7H,3H2,1-2H3,(H,16,18). The predicted octanol–water partition coefficient (Wildman–Crippen LogP) is 2.00. The maximum absolute atomic E-state index is 13.0. The van der Waals surface area contributed by atoms with Gasteiger partial charge in [-0.25, -0.2) is 9.07 Å². The lowest BCUT2D eigenvalue weighted by Gasteiger charge is -2.08. The normalized spacial score (nSPS) is 10.4. The lowest BCUT2D eigenvalue weighted by molar-refractivity contribution is 0.102. The van der Waals surface area contributed by atoms with E-state index in [0.29, 0.717) is 12.4 Å². The molecule has 94 valence electrons. The molecule has 5 nitrogen and oxygen atoms in total. The molecule has 0 unspecified atom stereocenters. The van der Waals surface area contributed by atoms with E-state index in [-0.39, 0.29) is 5.56 Å². The van der Waals surface area contributed by atoms with Gasteiger partial charge in [0.05, 0.1) is 18.0 Å². The summed E-state index contributed by atoms with van der Waals surface area (Å²) >= 11 is 0. The highest BCUT2D eigenvalue weighted by molar-refractivity contribution is 6.03. The molecule has 0 atom stereocenters. The number of nitrogens with one attached hydrogen (secondary N) is 1. The van der Waals surface area contributed by atoms with Crippen LogP contribution >= 0.6 is 0 Å². The summed E-state index contributed by atoms with van der Waals surface area (Å²) in [5.74, 6) is -0.324. The topological polar surface area (TPSA) is 59.8 Å². The minimum absolute atomic E-state index is 0.179. The van der Waals surface area contributed by atoms with E-state index < -0.39 is 11.7 Å². The highest BCUT2D eigenvalue weighted by Gasteiger charge is 2.12. The number of hydrogen-bond donors (Lipinski definition) is 1. The first-order valence-electron chi connectivity index (χ1n) is 5.56. The first-order chi connectivity index (χ1) is 8.61. The number of pyridine rings is 1. The van der Waals surface area contributed by atoms with Crippen molar-refractivity contribution in [3.8, 4) is 0 Å². The molecule has 2 aromatic heterocycles. The summed E-state index contributed by atoms with van der Waals surface area (Å²) in [4.78, 5) is 15.6. The summed E-state index contributed by atoms with van der Waals surface area (Å²) in [5.41, 5.74) is 1.04. The van der Waals surface area contributed by atoms with Gasteiger partial charge in [-0.1, -0.05) is 0 Å². The Morgan fingerprint density at radius 1 is 1.44 bits per heavy atom. The van der Waals surface area contributed by atoms with Crippen molar-refractivity contribution in [2.45, 2.75) is 20.4 Å². The van der Waals surface area contributed by atoms with Crippen molar-refractivity contribution < 1.29 is 9.18 Å². The van der Waals surface area contributed by atoms with Crippen LogP contribution in [0, 0.1) is 12.7 Å². The molecule has 2 aromatic rings. The SMILES string of the molecule is CCn1ncc(C)c1NC(=O)c1cncc(F)c1. The number of carbonyl (C=O) groups is 1. The summed E-state index contributed by atoms with van der Waals surface area (Å²) in [5, 5.41) is 6.82. The van der Waals surface area contributed by atoms with Crippen molar-refractivity contribution in [2.24, 2.45) is 0 Å². The minimum atomic E-state index is -0.539. The van der Waals surface area contributed by atoms with Gasteiger partial charge in [0.1, 0.15) is 11.6 Å². The van der Waals surface area contributed by atoms with Gasteiger partial charge in [-0.3, -0.25) is 9.78 Å². The summed E-state index contributed by atoms with van der Waals surface area (Å²) in [6.45, 7) is 4.41. The molecule has 1 N–H and O–H groups in total. The number of aromatic nitrogens is 3. The first-order valence-corrected chi connectivity index (χ1v) is 5.56. The second-order valence-electron chi connectivity index (χ2n) is 3.84. The largest absolute Gasteiger partial charge is 0.306 e. The molecule has 0 saturated heterocycles. The van der Waals surface area contributed by atoms with E-state index in [0.717, 1.165) is 17.8 Å². The summed E-state index contributed by atoms with van der Waals surface area (Å²) < 4.78 is 14.6. The zero-order valence-corrected chi connectivity index (χ0v) is 10.1. The summed E-state index contributed by atoms with van der Waals surface area (Å²) in [6, 6.07) is 1.14. The number of nitrogens with zero attached hydrogens (tertiary/aromatic N) is 3. The Morgan fingerprint density at radius 2 is 2.22 bits per heavy atom. The van der Waals surface area contributed by atoms with Crippen LogP contribution in [0.1, 0.15) is 22.8 Å². The van der Waals surface area contributed by atoms with Gasteiger partial charge in [0.2, 0.25) is 0 Å². The third kappa shape index (κ3) is 2.37. The van der Waals surface area contributed by atoms with Gasteiger partial charge in [-0.2, -0.15) is 5.10 Å². The fraction of sp³-hybridized carbons (Fsp3) is 0.250. The van der Waals surface area contributed by atoms with Crippen LogP contribution in [0.4, 0.5) is 10.2 Å². The molecular weight excluding hydrogens is 235 g/mol. The van der Waals surface area contributed by atoms with E-state index >= 15 is 0 Å². The molecule has 0 spiro atoms. The Kier molecular flexibility index (Phi) is 3.36. The van der Waals surface area contributed by atoms with Crippen LogP contribution < -0.4 is 5.32 Å².